The molecule has 0 unspecified atom stereocenters. The highest BCUT2D eigenvalue weighted by Gasteiger charge is 2.10. The highest BCUT2D eigenvalue weighted by atomic mass is 16.1. The molecule has 3 N–H and O–H groups in total. The van der Waals surface area contributed by atoms with Gasteiger partial charge in [-0.25, -0.2) is 15.0 Å². The van der Waals surface area contributed by atoms with Crippen molar-refractivity contribution in [3.8, 4) is 22.4 Å². The molecule has 0 radical (unpaired) electrons. The second-order valence-electron chi connectivity index (χ2n) is 6.54. The molecule has 3 aromatic heterocycles. The van der Waals surface area contributed by atoms with E-state index in [0.717, 1.165) is 44.3 Å². The number of carbonyl (C=O) groups is 1. The van der Waals surface area contributed by atoms with Crippen molar-refractivity contribution in [1.29, 1.82) is 0 Å². The largest absolute Gasteiger partial charge is 0.366 e. The lowest BCUT2D eigenvalue weighted by Crippen LogP contribution is -2.10. The zero-order valence-electron chi connectivity index (χ0n) is 14.8. The number of nitrogens with one attached hydrogen (secondary N) is 1. The fourth-order valence-electron chi connectivity index (χ4n) is 3.36. The minimum atomic E-state index is -0.450. The molecule has 0 saturated heterocycles. The summed E-state index contributed by atoms with van der Waals surface area (Å²) in [5.74, 6) is -0.450. The number of nitrogens with zero attached hydrogens (tertiary/aromatic N) is 3. The van der Waals surface area contributed by atoms with Crippen LogP contribution < -0.4 is 5.73 Å². The second-order valence-corrected chi connectivity index (χ2v) is 6.54. The van der Waals surface area contributed by atoms with E-state index in [1.807, 2.05) is 42.7 Å². The molecule has 0 atom stereocenters. The number of hydrogen-bond donors (Lipinski definition) is 2. The van der Waals surface area contributed by atoms with E-state index < -0.39 is 5.91 Å². The maximum atomic E-state index is 11.3. The van der Waals surface area contributed by atoms with Crippen LogP contribution in [0, 0.1) is 0 Å². The highest BCUT2D eigenvalue weighted by Crippen LogP contribution is 2.30. The van der Waals surface area contributed by atoms with E-state index in [0.29, 0.717) is 5.56 Å². The molecule has 5 rings (SSSR count). The van der Waals surface area contributed by atoms with Crippen molar-refractivity contribution in [3.63, 3.8) is 0 Å². The fourth-order valence-corrected chi connectivity index (χ4v) is 3.36. The van der Waals surface area contributed by atoms with Gasteiger partial charge in [0.2, 0.25) is 5.91 Å². The summed E-state index contributed by atoms with van der Waals surface area (Å²) < 4.78 is 0. The molecular weight excluding hydrogens is 350 g/mol. The summed E-state index contributed by atoms with van der Waals surface area (Å²) >= 11 is 0. The zero-order valence-corrected chi connectivity index (χ0v) is 14.8. The SMILES string of the molecule is NC(=O)c1ccc(-c2ncnc3ccc(-c4cnc5[nH]ccc5c4)cc23)cc1. The minimum absolute atomic E-state index is 0.450. The smallest absolute Gasteiger partial charge is 0.248 e. The van der Waals surface area contributed by atoms with E-state index in [1.54, 1.807) is 18.5 Å². The summed E-state index contributed by atoms with van der Waals surface area (Å²) in [5.41, 5.74) is 11.3. The zero-order chi connectivity index (χ0) is 19.1. The Morgan fingerprint density at radius 2 is 1.68 bits per heavy atom. The van der Waals surface area contributed by atoms with Crippen LogP contribution in [0.5, 0.6) is 0 Å². The third kappa shape index (κ3) is 2.68. The number of hydrogen-bond acceptors (Lipinski definition) is 4. The number of pyridine rings is 1. The van der Waals surface area contributed by atoms with Crippen LogP contribution in [0.15, 0.2) is 73.3 Å². The van der Waals surface area contributed by atoms with Crippen LogP contribution in [-0.2, 0) is 0 Å². The van der Waals surface area contributed by atoms with Gasteiger partial charge in [-0.3, -0.25) is 4.79 Å². The van der Waals surface area contributed by atoms with E-state index in [4.69, 9.17) is 5.73 Å². The van der Waals surface area contributed by atoms with Gasteiger partial charge >= 0.3 is 0 Å². The molecule has 28 heavy (non-hydrogen) atoms. The summed E-state index contributed by atoms with van der Waals surface area (Å²) in [6.07, 6.45) is 5.28. The first-order valence-electron chi connectivity index (χ1n) is 8.77. The number of aromatic nitrogens is 4. The number of nitrogens with two attached hydrogens (primary N) is 1. The molecular formula is C22H15N5O. The minimum Gasteiger partial charge on any atom is -0.366 e. The molecule has 6 heteroatoms. The lowest BCUT2D eigenvalue weighted by molar-refractivity contribution is 0.100. The van der Waals surface area contributed by atoms with Crippen LogP contribution in [0.1, 0.15) is 10.4 Å². The number of amides is 1. The van der Waals surface area contributed by atoms with Crippen molar-refractivity contribution in [3.05, 3.63) is 78.9 Å². The van der Waals surface area contributed by atoms with Crippen molar-refractivity contribution < 1.29 is 4.79 Å². The van der Waals surface area contributed by atoms with E-state index in [1.165, 1.54) is 0 Å². The van der Waals surface area contributed by atoms with Crippen molar-refractivity contribution in [2.24, 2.45) is 5.73 Å². The summed E-state index contributed by atoms with van der Waals surface area (Å²) in [4.78, 5) is 27.8. The average Bonchev–Trinajstić information content (AvgIpc) is 3.21. The van der Waals surface area contributed by atoms with Gasteiger partial charge in [0.15, 0.2) is 0 Å². The van der Waals surface area contributed by atoms with Crippen LogP contribution >= 0.6 is 0 Å². The predicted molar refractivity (Wildman–Crippen MR) is 109 cm³/mol. The van der Waals surface area contributed by atoms with Gasteiger partial charge in [0, 0.05) is 39.9 Å². The number of H-pyrrole nitrogens is 1. The molecule has 0 saturated carbocycles. The number of aromatic amines is 1. The first-order chi connectivity index (χ1) is 13.7. The van der Waals surface area contributed by atoms with Gasteiger partial charge in [-0.1, -0.05) is 18.2 Å². The molecule has 0 aliphatic heterocycles. The van der Waals surface area contributed by atoms with Gasteiger partial charge in [0.1, 0.15) is 12.0 Å². The molecule has 2 aromatic carbocycles. The van der Waals surface area contributed by atoms with Gasteiger partial charge in [-0.15, -0.1) is 0 Å². The monoisotopic (exact) mass is 365 g/mol. The molecule has 134 valence electrons. The van der Waals surface area contributed by atoms with Crippen LogP contribution in [-0.4, -0.2) is 25.8 Å². The molecule has 0 fully saturated rings. The average molecular weight is 365 g/mol. The molecule has 0 bridgehead atoms. The topological polar surface area (TPSA) is 97.6 Å². The van der Waals surface area contributed by atoms with Crippen LogP contribution in [0.2, 0.25) is 0 Å². The number of carbonyl (C=O) groups excluding carboxylic acids is 1. The number of rotatable bonds is 3. The molecule has 6 nitrogen and oxygen atoms in total. The Morgan fingerprint density at radius 3 is 2.50 bits per heavy atom. The van der Waals surface area contributed by atoms with Crippen LogP contribution in [0.3, 0.4) is 0 Å². The van der Waals surface area contributed by atoms with Gasteiger partial charge in [-0.05, 0) is 42.0 Å². The Hall–Kier alpha value is -4.06. The Balaban J connectivity index is 1.66. The van der Waals surface area contributed by atoms with Gasteiger partial charge < -0.3 is 10.7 Å². The molecule has 3 heterocycles. The normalized spacial score (nSPS) is 11.1. The molecule has 5 aromatic rings. The highest BCUT2D eigenvalue weighted by molar-refractivity contribution is 5.97. The van der Waals surface area contributed by atoms with E-state index >= 15 is 0 Å². The van der Waals surface area contributed by atoms with E-state index in [-0.39, 0.29) is 0 Å². The van der Waals surface area contributed by atoms with Crippen molar-refractivity contribution in [2.45, 2.75) is 0 Å². The third-order valence-corrected chi connectivity index (χ3v) is 4.81. The maximum absolute atomic E-state index is 11.3. The molecule has 0 spiro atoms. The first kappa shape index (κ1) is 16.1. The first-order valence-corrected chi connectivity index (χ1v) is 8.77. The quantitative estimate of drug-likeness (QED) is 0.506. The van der Waals surface area contributed by atoms with Crippen molar-refractivity contribution >= 4 is 27.8 Å². The van der Waals surface area contributed by atoms with E-state index in [2.05, 4.69) is 32.1 Å². The van der Waals surface area contributed by atoms with E-state index in [9.17, 15) is 4.79 Å². The summed E-state index contributed by atoms with van der Waals surface area (Å²) in [6.45, 7) is 0. The fraction of sp³-hybridized carbons (Fsp3) is 0. The lowest BCUT2D eigenvalue weighted by Gasteiger charge is -2.08. The Kier molecular flexibility index (Phi) is 3.62. The maximum Gasteiger partial charge on any atom is 0.248 e. The van der Waals surface area contributed by atoms with Gasteiger partial charge in [0.25, 0.3) is 0 Å². The standard InChI is InChI=1S/C22H15N5O/c23-21(28)14-3-1-13(2-4-14)20-18-10-15(5-6-19(18)26-12-27-20)17-9-16-7-8-24-22(16)25-11-17/h1-12H,(H2,23,28)(H,24,25). The lowest BCUT2D eigenvalue weighted by atomic mass is 10.0. The Morgan fingerprint density at radius 1 is 0.857 bits per heavy atom. The van der Waals surface area contributed by atoms with Crippen molar-refractivity contribution in [1.82, 2.24) is 19.9 Å². The van der Waals surface area contributed by atoms with Gasteiger partial charge in [-0.2, -0.15) is 0 Å². The van der Waals surface area contributed by atoms with Gasteiger partial charge in [0.05, 0.1) is 11.2 Å². The molecule has 0 aliphatic carbocycles. The number of primary amides is 1. The molecule has 0 aliphatic rings. The molecule has 1 amide bonds. The third-order valence-electron chi connectivity index (χ3n) is 4.81. The Labute approximate surface area is 160 Å². The summed E-state index contributed by atoms with van der Waals surface area (Å²) in [7, 11) is 0. The van der Waals surface area contributed by atoms with Crippen LogP contribution in [0.4, 0.5) is 0 Å². The summed E-state index contributed by atoms with van der Waals surface area (Å²) in [6, 6.07) is 17.3. The predicted octanol–water partition coefficient (Wildman–Crippen LogP) is 3.94. The Bertz CT molecular complexity index is 1340. The number of fused-ring (bicyclic) bond motifs is 2. The van der Waals surface area contributed by atoms with Crippen molar-refractivity contribution in [2.75, 3.05) is 0 Å². The van der Waals surface area contributed by atoms with Crippen LogP contribution in [0.25, 0.3) is 44.3 Å². The summed E-state index contributed by atoms with van der Waals surface area (Å²) in [5, 5.41) is 1.99. The number of benzene rings is 2. The second kappa shape index (κ2) is 6.28.